The van der Waals surface area contributed by atoms with E-state index in [4.69, 9.17) is 15.3 Å². The first kappa shape index (κ1) is 11.4. The number of hydrogen-bond donors (Lipinski definition) is 4. The summed E-state index contributed by atoms with van der Waals surface area (Å²) < 4.78 is 0. The van der Waals surface area contributed by atoms with Crippen LogP contribution in [0.1, 0.15) is 12.8 Å². The summed E-state index contributed by atoms with van der Waals surface area (Å²) in [6, 6.07) is 0. The number of rotatable bonds is 6. The molecule has 5 heteroatoms. The second-order valence-electron chi connectivity index (χ2n) is 2.58. The van der Waals surface area contributed by atoms with E-state index in [0.717, 1.165) is 0 Å². The van der Waals surface area contributed by atoms with E-state index in [1.807, 2.05) is 0 Å². The summed E-state index contributed by atoms with van der Waals surface area (Å²) in [5.74, 6) is -1.05. The van der Waals surface area contributed by atoms with Crippen molar-refractivity contribution in [2.45, 2.75) is 18.4 Å². The van der Waals surface area contributed by atoms with Crippen LogP contribution in [0.25, 0.3) is 0 Å². The number of likely N-dealkylation sites (N-methyl/N-ethyl adjacent to an activating group) is 1. The third kappa shape index (κ3) is 2.44. The van der Waals surface area contributed by atoms with Gasteiger partial charge in [-0.25, -0.2) is 0 Å². The Hall–Kier alpha value is -0.650. The zero-order chi connectivity index (χ0) is 9.61. The van der Waals surface area contributed by atoms with Crippen molar-refractivity contribution in [1.29, 1.82) is 0 Å². The lowest BCUT2D eigenvalue weighted by molar-refractivity contribution is -0.146. The van der Waals surface area contributed by atoms with Gasteiger partial charge in [0, 0.05) is 13.2 Å². The van der Waals surface area contributed by atoms with Crippen LogP contribution in [-0.2, 0) is 4.79 Å². The standard InChI is InChI=1S/C7H15NO4/c1-8-7(2-4-9,3-5-10)6(11)12/h8-10H,2-5H2,1H3,(H,11,12). The molecule has 0 atom stereocenters. The maximum atomic E-state index is 10.7. The van der Waals surface area contributed by atoms with E-state index in [1.165, 1.54) is 7.05 Å². The van der Waals surface area contributed by atoms with Crippen molar-refractivity contribution in [3.05, 3.63) is 0 Å². The molecule has 12 heavy (non-hydrogen) atoms. The van der Waals surface area contributed by atoms with Crippen molar-refractivity contribution < 1.29 is 20.1 Å². The van der Waals surface area contributed by atoms with Gasteiger partial charge in [-0.3, -0.25) is 4.79 Å². The number of carbonyl (C=O) groups is 1. The van der Waals surface area contributed by atoms with Crippen molar-refractivity contribution >= 4 is 5.97 Å². The molecule has 72 valence electrons. The molecule has 0 fully saturated rings. The molecule has 4 N–H and O–H groups in total. The van der Waals surface area contributed by atoms with Crippen LogP contribution in [0.2, 0.25) is 0 Å². The smallest absolute Gasteiger partial charge is 0.324 e. The predicted molar refractivity (Wildman–Crippen MR) is 42.8 cm³/mol. The van der Waals surface area contributed by atoms with Crippen LogP contribution >= 0.6 is 0 Å². The fraction of sp³-hybridized carbons (Fsp3) is 0.857. The Morgan fingerprint density at radius 3 is 1.92 bits per heavy atom. The zero-order valence-corrected chi connectivity index (χ0v) is 7.08. The van der Waals surface area contributed by atoms with E-state index in [0.29, 0.717) is 0 Å². The minimum Gasteiger partial charge on any atom is -0.480 e. The number of nitrogens with one attached hydrogen (secondary N) is 1. The molecular weight excluding hydrogens is 162 g/mol. The molecule has 0 radical (unpaired) electrons. The lowest BCUT2D eigenvalue weighted by Gasteiger charge is -2.27. The molecule has 0 amide bonds. The molecule has 0 bridgehead atoms. The Bertz CT molecular complexity index is 142. The van der Waals surface area contributed by atoms with Gasteiger partial charge in [-0.2, -0.15) is 0 Å². The zero-order valence-electron chi connectivity index (χ0n) is 7.08. The number of carboxylic acids is 1. The number of aliphatic hydroxyl groups is 2. The maximum Gasteiger partial charge on any atom is 0.324 e. The summed E-state index contributed by atoms with van der Waals surface area (Å²) in [4.78, 5) is 10.7. The highest BCUT2D eigenvalue weighted by atomic mass is 16.4. The van der Waals surface area contributed by atoms with Crippen molar-refractivity contribution in [3.63, 3.8) is 0 Å². The average molecular weight is 177 g/mol. The molecule has 0 aliphatic heterocycles. The summed E-state index contributed by atoms with van der Waals surface area (Å²) in [5.41, 5.74) is -1.19. The van der Waals surface area contributed by atoms with Crippen LogP contribution in [0.15, 0.2) is 0 Å². The molecule has 5 nitrogen and oxygen atoms in total. The third-order valence-corrected chi connectivity index (χ3v) is 1.97. The highest BCUT2D eigenvalue weighted by molar-refractivity contribution is 5.78. The highest BCUT2D eigenvalue weighted by Gasteiger charge is 2.35. The van der Waals surface area contributed by atoms with Crippen molar-refractivity contribution in [2.24, 2.45) is 0 Å². The van der Waals surface area contributed by atoms with E-state index in [2.05, 4.69) is 5.32 Å². The van der Waals surface area contributed by atoms with Gasteiger partial charge in [-0.05, 0) is 19.9 Å². The summed E-state index contributed by atoms with van der Waals surface area (Å²) in [6.07, 6.45) is 0.193. The summed E-state index contributed by atoms with van der Waals surface area (Å²) >= 11 is 0. The molecule has 0 aromatic carbocycles. The number of carboxylic acid groups (broad SMARTS) is 1. The van der Waals surface area contributed by atoms with E-state index >= 15 is 0 Å². The van der Waals surface area contributed by atoms with Crippen LogP contribution < -0.4 is 5.32 Å². The summed E-state index contributed by atoms with van der Waals surface area (Å²) in [7, 11) is 1.50. The second-order valence-corrected chi connectivity index (χ2v) is 2.58. The minimum absolute atomic E-state index is 0.0966. The lowest BCUT2D eigenvalue weighted by atomic mass is 9.92. The molecule has 0 unspecified atom stereocenters. The fourth-order valence-electron chi connectivity index (χ4n) is 1.08. The first-order valence-electron chi connectivity index (χ1n) is 3.77. The molecule has 0 heterocycles. The Morgan fingerprint density at radius 2 is 1.75 bits per heavy atom. The van der Waals surface area contributed by atoms with Gasteiger partial charge in [0.05, 0.1) is 0 Å². The molecular formula is C7H15NO4. The van der Waals surface area contributed by atoms with Crippen LogP contribution in [0, 0.1) is 0 Å². The van der Waals surface area contributed by atoms with E-state index in [-0.39, 0.29) is 26.1 Å². The SMILES string of the molecule is CNC(CCO)(CCO)C(=O)O. The highest BCUT2D eigenvalue weighted by Crippen LogP contribution is 2.14. The lowest BCUT2D eigenvalue weighted by Crippen LogP contribution is -2.51. The van der Waals surface area contributed by atoms with Gasteiger partial charge in [-0.15, -0.1) is 0 Å². The van der Waals surface area contributed by atoms with Crippen LogP contribution in [0.5, 0.6) is 0 Å². The number of hydrogen-bond acceptors (Lipinski definition) is 4. The Balaban J connectivity index is 4.39. The topological polar surface area (TPSA) is 89.8 Å². The quantitative estimate of drug-likeness (QED) is 0.409. The molecule has 0 saturated heterocycles. The molecule has 0 saturated carbocycles. The van der Waals surface area contributed by atoms with Crippen molar-refractivity contribution in [3.8, 4) is 0 Å². The van der Waals surface area contributed by atoms with Crippen molar-refractivity contribution in [1.82, 2.24) is 5.32 Å². The molecule has 0 rings (SSSR count). The summed E-state index contributed by atoms with van der Waals surface area (Å²) in [5, 5.41) is 28.6. The van der Waals surface area contributed by atoms with Gasteiger partial charge >= 0.3 is 5.97 Å². The molecule has 0 aliphatic rings. The maximum absolute atomic E-state index is 10.7. The van der Waals surface area contributed by atoms with Crippen LogP contribution in [0.3, 0.4) is 0 Å². The first-order valence-corrected chi connectivity index (χ1v) is 3.77. The van der Waals surface area contributed by atoms with Gasteiger partial charge in [0.1, 0.15) is 5.54 Å². The van der Waals surface area contributed by atoms with Gasteiger partial charge in [-0.1, -0.05) is 0 Å². The summed E-state index contributed by atoms with van der Waals surface area (Å²) in [6.45, 7) is -0.430. The average Bonchev–Trinajstić information content (AvgIpc) is 2.03. The third-order valence-electron chi connectivity index (χ3n) is 1.97. The van der Waals surface area contributed by atoms with E-state index < -0.39 is 11.5 Å². The Labute approximate surface area is 71.0 Å². The number of aliphatic hydroxyl groups excluding tert-OH is 2. The predicted octanol–water partition coefficient (Wildman–Crippen LogP) is -1.21. The van der Waals surface area contributed by atoms with Gasteiger partial charge in [0.2, 0.25) is 0 Å². The van der Waals surface area contributed by atoms with Gasteiger partial charge in [0.15, 0.2) is 0 Å². The second kappa shape index (κ2) is 5.08. The van der Waals surface area contributed by atoms with Crippen LogP contribution in [-0.4, -0.2) is 47.1 Å². The van der Waals surface area contributed by atoms with Crippen molar-refractivity contribution in [2.75, 3.05) is 20.3 Å². The van der Waals surface area contributed by atoms with Crippen LogP contribution in [0.4, 0.5) is 0 Å². The minimum atomic E-state index is -1.19. The molecule has 0 aromatic heterocycles. The molecule has 0 aliphatic carbocycles. The largest absolute Gasteiger partial charge is 0.480 e. The molecule has 0 spiro atoms. The normalized spacial score (nSPS) is 11.6. The van der Waals surface area contributed by atoms with Gasteiger partial charge < -0.3 is 20.6 Å². The van der Waals surface area contributed by atoms with E-state index in [1.54, 1.807) is 0 Å². The Morgan fingerprint density at radius 1 is 1.33 bits per heavy atom. The molecule has 0 aromatic rings. The monoisotopic (exact) mass is 177 g/mol. The van der Waals surface area contributed by atoms with Gasteiger partial charge in [0.25, 0.3) is 0 Å². The number of aliphatic carboxylic acids is 1. The van der Waals surface area contributed by atoms with E-state index in [9.17, 15) is 4.79 Å². The Kier molecular flexibility index (Phi) is 4.80. The fourth-order valence-corrected chi connectivity index (χ4v) is 1.08. The first-order chi connectivity index (χ1) is 5.63.